The second kappa shape index (κ2) is 6.06. The summed E-state index contributed by atoms with van der Waals surface area (Å²) in [6, 6.07) is 2.06. The molecule has 0 unspecified atom stereocenters. The molecule has 20 heavy (non-hydrogen) atoms. The number of pyridine rings is 1. The lowest BCUT2D eigenvalue weighted by Crippen LogP contribution is -2.49. The normalized spacial score (nSPS) is 18.6. The van der Waals surface area contributed by atoms with Crippen LogP contribution in [-0.2, 0) is 11.3 Å². The summed E-state index contributed by atoms with van der Waals surface area (Å²) < 4.78 is 20.2. The molecule has 0 spiro atoms. The average Bonchev–Trinajstić information content (AvgIpc) is 2.36. The molecule has 0 saturated carbocycles. The standard InChI is InChI=1S/C15H24FN3O/c1-11(2)18-9-12-5-6-17-14(13(12)16)19-7-8-20-15(3,4)10-19/h5-6,11,18H,7-10H2,1-4H3. The van der Waals surface area contributed by atoms with E-state index in [1.807, 2.05) is 32.6 Å². The Kier molecular flexibility index (Phi) is 4.60. The van der Waals surface area contributed by atoms with E-state index in [1.54, 1.807) is 12.3 Å². The molecule has 0 aromatic carbocycles. The van der Waals surface area contributed by atoms with E-state index in [4.69, 9.17) is 4.74 Å². The van der Waals surface area contributed by atoms with Crippen molar-refractivity contribution in [3.8, 4) is 0 Å². The third kappa shape index (κ3) is 3.67. The van der Waals surface area contributed by atoms with Crippen LogP contribution in [0.15, 0.2) is 12.3 Å². The SMILES string of the molecule is CC(C)NCc1ccnc(N2CCOC(C)(C)C2)c1F. The van der Waals surface area contributed by atoms with E-state index in [2.05, 4.69) is 10.3 Å². The predicted octanol–water partition coefficient (Wildman–Crippen LogP) is 2.33. The highest BCUT2D eigenvalue weighted by molar-refractivity contribution is 5.44. The highest BCUT2D eigenvalue weighted by Crippen LogP contribution is 2.25. The number of halogens is 1. The zero-order valence-electron chi connectivity index (χ0n) is 12.7. The van der Waals surface area contributed by atoms with Gasteiger partial charge in [-0.3, -0.25) is 0 Å². The quantitative estimate of drug-likeness (QED) is 0.919. The van der Waals surface area contributed by atoms with E-state index in [0.29, 0.717) is 43.7 Å². The summed E-state index contributed by atoms with van der Waals surface area (Å²) in [7, 11) is 0. The van der Waals surface area contributed by atoms with Gasteiger partial charge >= 0.3 is 0 Å². The predicted molar refractivity (Wildman–Crippen MR) is 78.4 cm³/mol. The van der Waals surface area contributed by atoms with Crippen LogP contribution in [0.25, 0.3) is 0 Å². The van der Waals surface area contributed by atoms with Crippen molar-refractivity contribution in [2.75, 3.05) is 24.6 Å². The first kappa shape index (κ1) is 15.2. The molecule has 0 atom stereocenters. The smallest absolute Gasteiger partial charge is 0.170 e. The molecule has 1 aliphatic rings. The van der Waals surface area contributed by atoms with Crippen molar-refractivity contribution in [1.29, 1.82) is 0 Å². The third-order valence-electron chi connectivity index (χ3n) is 3.38. The van der Waals surface area contributed by atoms with Gasteiger partial charge in [-0.25, -0.2) is 9.37 Å². The number of hydrogen-bond acceptors (Lipinski definition) is 4. The van der Waals surface area contributed by atoms with Gasteiger partial charge in [0.2, 0.25) is 0 Å². The number of ether oxygens (including phenoxy) is 1. The fourth-order valence-electron chi connectivity index (χ4n) is 2.34. The van der Waals surface area contributed by atoms with E-state index in [1.165, 1.54) is 0 Å². The Labute approximate surface area is 120 Å². The van der Waals surface area contributed by atoms with Gasteiger partial charge in [-0.1, -0.05) is 13.8 Å². The van der Waals surface area contributed by atoms with Crippen molar-refractivity contribution < 1.29 is 9.13 Å². The number of nitrogens with one attached hydrogen (secondary N) is 1. The molecule has 1 saturated heterocycles. The van der Waals surface area contributed by atoms with Crippen LogP contribution in [0.4, 0.5) is 10.2 Å². The average molecular weight is 281 g/mol. The van der Waals surface area contributed by atoms with Crippen molar-refractivity contribution >= 4 is 5.82 Å². The Morgan fingerprint density at radius 3 is 2.90 bits per heavy atom. The van der Waals surface area contributed by atoms with Crippen molar-refractivity contribution in [2.24, 2.45) is 0 Å². The van der Waals surface area contributed by atoms with E-state index in [9.17, 15) is 4.39 Å². The Morgan fingerprint density at radius 1 is 1.50 bits per heavy atom. The number of morpholine rings is 1. The summed E-state index contributed by atoms with van der Waals surface area (Å²) in [5.74, 6) is 0.211. The monoisotopic (exact) mass is 281 g/mol. The van der Waals surface area contributed by atoms with Crippen LogP contribution >= 0.6 is 0 Å². The van der Waals surface area contributed by atoms with E-state index < -0.39 is 0 Å². The molecular weight excluding hydrogens is 257 g/mol. The third-order valence-corrected chi connectivity index (χ3v) is 3.38. The minimum absolute atomic E-state index is 0.224. The van der Waals surface area contributed by atoms with Crippen LogP contribution in [0.1, 0.15) is 33.3 Å². The first-order chi connectivity index (χ1) is 9.39. The second-order valence-corrected chi connectivity index (χ2v) is 6.17. The molecule has 1 N–H and O–H groups in total. The van der Waals surface area contributed by atoms with Gasteiger partial charge in [0, 0.05) is 37.4 Å². The number of aromatic nitrogens is 1. The van der Waals surface area contributed by atoms with E-state index >= 15 is 0 Å². The zero-order valence-corrected chi connectivity index (χ0v) is 12.7. The number of nitrogens with zero attached hydrogens (tertiary/aromatic N) is 2. The molecule has 0 radical (unpaired) electrons. The lowest BCUT2D eigenvalue weighted by Gasteiger charge is -2.39. The molecule has 4 nitrogen and oxygen atoms in total. The van der Waals surface area contributed by atoms with Crippen molar-refractivity contribution in [3.63, 3.8) is 0 Å². The van der Waals surface area contributed by atoms with Gasteiger partial charge in [-0.15, -0.1) is 0 Å². The molecule has 1 fully saturated rings. The van der Waals surface area contributed by atoms with Crippen LogP contribution in [0, 0.1) is 5.82 Å². The van der Waals surface area contributed by atoms with Crippen LogP contribution < -0.4 is 10.2 Å². The molecule has 2 rings (SSSR count). The first-order valence-corrected chi connectivity index (χ1v) is 7.15. The zero-order chi connectivity index (χ0) is 14.8. The minimum Gasteiger partial charge on any atom is -0.372 e. The van der Waals surface area contributed by atoms with Gasteiger partial charge in [0.1, 0.15) is 0 Å². The molecule has 0 bridgehead atoms. The highest BCUT2D eigenvalue weighted by Gasteiger charge is 2.29. The highest BCUT2D eigenvalue weighted by atomic mass is 19.1. The van der Waals surface area contributed by atoms with Gasteiger partial charge in [0.05, 0.1) is 12.2 Å². The summed E-state index contributed by atoms with van der Waals surface area (Å²) in [6.45, 7) is 10.6. The van der Waals surface area contributed by atoms with E-state index in [0.717, 1.165) is 0 Å². The van der Waals surface area contributed by atoms with Crippen LogP contribution in [-0.4, -0.2) is 36.3 Å². The van der Waals surface area contributed by atoms with Crippen LogP contribution in [0.3, 0.4) is 0 Å². The van der Waals surface area contributed by atoms with Gasteiger partial charge in [-0.2, -0.15) is 0 Å². The van der Waals surface area contributed by atoms with E-state index in [-0.39, 0.29) is 11.4 Å². The van der Waals surface area contributed by atoms with Crippen molar-refractivity contribution in [1.82, 2.24) is 10.3 Å². The minimum atomic E-state index is -0.265. The van der Waals surface area contributed by atoms with Crippen LogP contribution in [0.2, 0.25) is 0 Å². The largest absolute Gasteiger partial charge is 0.372 e. The summed E-state index contributed by atoms with van der Waals surface area (Å²) in [5.41, 5.74) is 0.395. The molecule has 1 aromatic rings. The van der Waals surface area contributed by atoms with Crippen molar-refractivity contribution in [3.05, 3.63) is 23.6 Å². The number of hydrogen-bond donors (Lipinski definition) is 1. The summed E-state index contributed by atoms with van der Waals surface area (Å²) in [5, 5.41) is 3.24. The topological polar surface area (TPSA) is 37.4 Å². The second-order valence-electron chi connectivity index (χ2n) is 6.17. The van der Waals surface area contributed by atoms with Crippen LogP contribution in [0.5, 0.6) is 0 Å². The first-order valence-electron chi connectivity index (χ1n) is 7.15. The Bertz CT molecular complexity index is 462. The van der Waals surface area contributed by atoms with Gasteiger partial charge in [0.15, 0.2) is 11.6 Å². The number of anilines is 1. The molecular formula is C15H24FN3O. The molecule has 0 aliphatic carbocycles. The Morgan fingerprint density at radius 2 is 2.25 bits per heavy atom. The lowest BCUT2D eigenvalue weighted by atomic mass is 10.1. The lowest BCUT2D eigenvalue weighted by molar-refractivity contribution is -0.0280. The Hall–Kier alpha value is -1.20. The molecule has 1 aliphatic heterocycles. The molecule has 0 amide bonds. The van der Waals surface area contributed by atoms with Crippen molar-refractivity contribution in [2.45, 2.75) is 45.9 Å². The molecule has 2 heterocycles. The molecule has 5 heteroatoms. The van der Waals surface area contributed by atoms with Gasteiger partial charge in [-0.05, 0) is 19.9 Å². The number of rotatable bonds is 4. The maximum Gasteiger partial charge on any atom is 0.170 e. The summed E-state index contributed by atoms with van der Waals surface area (Å²) in [4.78, 5) is 6.19. The fraction of sp³-hybridized carbons (Fsp3) is 0.667. The fourth-order valence-corrected chi connectivity index (χ4v) is 2.34. The maximum atomic E-state index is 14.6. The summed E-state index contributed by atoms with van der Waals surface area (Å²) >= 11 is 0. The Balaban J connectivity index is 2.17. The molecule has 1 aromatic heterocycles. The summed E-state index contributed by atoms with van der Waals surface area (Å²) in [6.07, 6.45) is 1.68. The van der Waals surface area contributed by atoms with Gasteiger partial charge in [0.25, 0.3) is 0 Å². The van der Waals surface area contributed by atoms with Gasteiger partial charge < -0.3 is 15.0 Å². The maximum absolute atomic E-state index is 14.6. The molecule has 112 valence electrons.